The first kappa shape index (κ1) is 14.0. The van der Waals surface area contributed by atoms with Crippen LogP contribution in [0.3, 0.4) is 0 Å². The highest BCUT2D eigenvalue weighted by Crippen LogP contribution is 2.37. The molecule has 0 aliphatic carbocycles. The topological polar surface area (TPSA) is 62.5 Å². The third-order valence-corrected chi connectivity index (χ3v) is 4.51. The van der Waals surface area contributed by atoms with E-state index in [1.54, 1.807) is 11.2 Å². The second-order valence-corrected chi connectivity index (χ2v) is 5.95. The molecule has 0 saturated heterocycles. The zero-order valence-corrected chi connectivity index (χ0v) is 13.2. The fraction of sp³-hybridized carbons (Fsp3) is 0.188. The SMILES string of the molecule is CN1c2ccccc2C(=O)N(Cc2ccco2)C1c1csnn1. The number of nitrogens with zero attached hydrogens (tertiary/aromatic N) is 4. The number of fused-ring (bicyclic) bond motifs is 1. The lowest BCUT2D eigenvalue weighted by atomic mass is 10.0. The number of amides is 1. The fourth-order valence-electron chi connectivity index (χ4n) is 2.94. The predicted octanol–water partition coefficient (Wildman–Crippen LogP) is 2.92. The summed E-state index contributed by atoms with van der Waals surface area (Å²) in [5.41, 5.74) is 2.33. The van der Waals surface area contributed by atoms with E-state index in [2.05, 4.69) is 14.5 Å². The molecule has 0 radical (unpaired) electrons. The highest BCUT2D eigenvalue weighted by molar-refractivity contribution is 7.03. The average molecular weight is 326 g/mol. The van der Waals surface area contributed by atoms with Crippen molar-refractivity contribution in [1.82, 2.24) is 14.5 Å². The number of carbonyl (C=O) groups is 1. The number of rotatable bonds is 3. The zero-order chi connectivity index (χ0) is 15.8. The standard InChI is InChI=1S/C16H14N4O2S/c1-19-14-7-3-2-6-12(14)16(21)20(9-11-5-4-8-22-11)15(19)13-10-23-18-17-13/h2-8,10,15H,9H2,1H3. The predicted molar refractivity (Wildman–Crippen MR) is 86.1 cm³/mol. The lowest BCUT2D eigenvalue weighted by molar-refractivity contribution is 0.0614. The molecule has 1 aromatic carbocycles. The molecule has 23 heavy (non-hydrogen) atoms. The van der Waals surface area contributed by atoms with Crippen molar-refractivity contribution in [3.8, 4) is 0 Å². The molecule has 0 spiro atoms. The minimum atomic E-state index is -0.304. The van der Waals surface area contributed by atoms with Gasteiger partial charge >= 0.3 is 0 Å². The van der Waals surface area contributed by atoms with Gasteiger partial charge in [0, 0.05) is 12.4 Å². The molecule has 0 fully saturated rings. The summed E-state index contributed by atoms with van der Waals surface area (Å²) in [6.07, 6.45) is 1.31. The third kappa shape index (κ3) is 2.29. The first-order valence-corrected chi connectivity index (χ1v) is 8.01. The second-order valence-electron chi connectivity index (χ2n) is 5.34. The second kappa shape index (κ2) is 5.51. The Morgan fingerprint density at radius 3 is 2.87 bits per heavy atom. The molecule has 116 valence electrons. The van der Waals surface area contributed by atoms with E-state index in [1.807, 2.05) is 48.8 Å². The lowest BCUT2D eigenvalue weighted by Crippen LogP contribution is -2.47. The van der Waals surface area contributed by atoms with Crippen molar-refractivity contribution < 1.29 is 9.21 Å². The molecule has 0 N–H and O–H groups in total. The van der Waals surface area contributed by atoms with Gasteiger partial charge in [0.15, 0.2) is 6.17 Å². The summed E-state index contributed by atoms with van der Waals surface area (Å²) in [5.74, 6) is 0.701. The first-order valence-electron chi connectivity index (χ1n) is 7.18. The summed E-state index contributed by atoms with van der Waals surface area (Å²) in [6, 6.07) is 11.3. The molecule has 4 rings (SSSR count). The maximum atomic E-state index is 13.0. The Balaban J connectivity index is 1.81. The maximum absolute atomic E-state index is 13.0. The van der Waals surface area contributed by atoms with Crippen molar-refractivity contribution in [2.75, 3.05) is 11.9 Å². The summed E-state index contributed by atoms with van der Waals surface area (Å²) in [6.45, 7) is 0.382. The van der Waals surface area contributed by atoms with Gasteiger partial charge in [-0.05, 0) is 35.8 Å². The number of hydrogen-bond donors (Lipinski definition) is 0. The molecule has 0 saturated carbocycles. The summed E-state index contributed by atoms with van der Waals surface area (Å²) in [7, 11) is 1.96. The fourth-order valence-corrected chi connectivity index (χ4v) is 3.41. The van der Waals surface area contributed by atoms with Crippen LogP contribution in [0.15, 0.2) is 52.5 Å². The lowest BCUT2D eigenvalue weighted by Gasteiger charge is -2.42. The van der Waals surface area contributed by atoms with Gasteiger partial charge in [-0.25, -0.2) is 0 Å². The number of aromatic nitrogens is 2. The Kier molecular flexibility index (Phi) is 3.34. The summed E-state index contributed by atoms with van der Waals surface area (Å²) >= 11 is 1.28. The summed E-state index contributed by atoms with van der Waals surface area (Å²) < 4.78 is 9.38. The number of furan rings is 1. The summed E-state index contributed by atoms with van der Waals surface area (Å²) in [5, 5.41) is 6.05. The van der Waals surface area contributed by atoms with Gasteiger partial charge in [0.05, 0.1) is 24.1 Å². The third-order valence-electron chi connectivity index (χ3n) is 3.99. The smallest absolute Gasteiger partial charge is 0.258 e. The minimum absolute atomic E-state index is 0.0342. The number of para-hydroxylation sites is 1. The first-order chi connectivity index (χ1) is 11.3. The number of hydrogen-bond acceptors (Lipinski definition) is 6. The highest BCUT2D eigenvalue weighted by Gasteiger charge is 2.38. The van der Waals surface area contributed by atoms with Crippen LogP contribution in [-0.4, -0.2) is 27.4 Å². The Morgan fingerprint density at radius 1 is 1.26 bits per heavy atom. The molecule has 3 aromatic rings. The van der Waals surface area contributed by atoms with Gasteiger partial charge in [-0.15, -0.1) is 5.10 Å². The van der Waals surface area contributed by atoms with Crippen molar-refractivity contribution in [3.05, 3.63) is 65.1 Å². The van der Waals surface area contributed by atoms with Gasteiger partial charge in [-0.3, -0.25) is 4.79 Å². The normalized spacial score (nSPS) is 17.4. The van der Waals surface area contributed by atoms with Crippen molar-refractivity contribution >= 4 is 23.1 Å². The van der Waals surface area contributed by atoms with Crippen molar-refractivity contribution in [2.24, 2.45) is 0 Å². The van der Waals surface area contributed by atoms with Crippen LogP contribution in [0, 0.1) is 0 Å². The number of benzene rings is 1. The van der Waals surface area contributed by atoms with E-state index < -0.39 is 0 Å². The molecule has 6 nitrogen and oxygen atoms in total. The van der Waals surface area contributed by atoms with Crippen LogP contribution in [0.2, 0.25) is 0 Å². The maximum Gasteiger partial charge on any atom is 0.258 e. The molecule has 1 aliphatic rings. The van der Waals surface area contributed by atoms with Gasteiger partial charge in [0.25, 0.3) is 5.91 Å². The molecule has 2 aromatic heterocycles. The quantitative estimate of drug-likeness (QED) is 0.740. The van der Waals surface area contributed by atoms with Crippen LogP contribution < -0.4 is 4.90 Å². The minimum Gasteiger partial charge on any atom is -0.467 e. The van der Waals surface area contributed by atoms with Gasteiger partial charge in [-0.2, -0.15) is 0 Å². The monoisotopic (exact) mass is 326 g/mol. The van der Waals surface area contributed by atoms with E-state index in [9.17, 15) is 4.79 Å². The van der Waals surface area contributed by atoms with Crippen molar-refractivity contribution in [2.45, 2.75) is 12.7 Å². The van der Waals surface area contributed by atoms with E-state index >= 15 is 0 Å². The molecule has 1 unspecified atom stereocenters. The van der Waals surface area contributed by atoms with Crippen LogP contribution in [0.4, 0.5) is 5.69 Å². The van der Waals surface area contributed by atoms with E-state index in [-0.39, 0.29) is 12.1 Å². The molecule has 0 bridgehead atoms. The molecule has 3 heterocycles. The summed E-state index contributed by atoms with van der Waals surface area (Å²) in [4.78, 5) is 16.8. The molecule has 1 amide bonds. The van der Waals surface area contributed by atoms with E-state index in [1.165, 1.54) is 11.5 Å². The van der Waals surface area contributed by atoms with E-state index in [0.29, 0.717) is 12.1 Å². The van der Waals surface area contributed by atoms with Gasteiger partial charge < -0.3 is 14.2 Å². The highest BCUT2D eigenvalue weighted by atomic mass is 32.1. The van der Waals surface area contributed by atoms with Crippen molar-refractivity contribution in [3.63, 3.8) is 0 Å². The molecular weight excluding hydrogens is 312 g/mol. The molecule has 1 aliphatic heterocycles. The number of anilines is 1. The van der Waals surface area contributed by atoms with Gasteiger partial charge in [0.1, 0.15) is 11.5 Å². The van der Waals surface area contributed by atoms with E-state index in [0.717, 1.165) is 17.1 Å². The molecule has 1 atom stereocenters. The van der Waals surface area contributed by atoms with Gasteiger partial charge in [0.2, 0.25) is 0 Å². The number of carbonyl (C=O) groups excluding carboxylic acids is 1. The van der Waals surface area contributed by atoms with Crippen LogP contribution in [0.5, 0.6) is 0 Å². The van der Waals surface area contributed by atoms with Crippen LogP contribution in [-0.2, 0) is 6.54 Å². The van der Waals surface area contributed by atoms with Crippen molar-refractivity contribution in [1.29, 1.82) is 0 Å². The van der Waals surface area contributed by atoms with Crippen LogP contribution in [0.1, 0.15) is 28.0 Å². The average Bonchev–Trinajstić information content (AvgIpc) is 3.26. The molecule has 7 heteroatoms. The van der Waals surface area contributed by atoms with Crippen LogP contribution >= 0.6 is 11.5 Å². The van der Waals surface area contributed by atoms with Gasteiger partial charge in [-0.1, -0.05) is 16.6 Å². The Morgan fingerprint density at radius 2 is 2.13 bits per heavy atom. The zero-order valence-electron chi connectivity index (χ0n) is 12.4. The molecular formula is C16H14N4O2S. The Bertz CT molecular complexity index is 816. The van der Waals surface area contributed by atoms with E-state index in [4.69, 9.17) is 4.42 Å². The van der Waals surface area contributed by atoms with Crippen LogP contribution in [0.25, 0.3) is 0 Å². The largest absolute Gasteiger partial charge is 0.467 e. The Labute approximate surface area is 137 Å². The Hall–Kier alpha value is -2.67.